The molecule has 1 saturated heterocycles. The van der Waals surface area contributed by atoms with Crippen LogP contribution in [0.15, 0.2) is 36.5 Å². The summed E-state index contributed by atoms with van der Waals surface area (Å²) in [6, 6.07) is 6.80. The molecule has 1 saturated carbocycles. The quantitative estimate of drug-likeness (QED) is 0.799. The van der Waals surface area contributed by atoms with Gasteiger partial charge in [-0.15, -0.1) is 0 Å². The molecule has 0 unspecified atom stereocenters. The Balaban J connectivity index is 1.38. The first-order chi connectivity index (χ1) is 13.6. The van der Waals surface area contributed by atoms with Gasteiger partial charge in [-0.05, 0) is 25.3 Å². The lowest BCUT2D eigenvalue weighted by Gasteiger charge is -2.36. The fourth-order valence-electron chi connectivity index (χ4n) is 3.72. The standard InChI is InChI=1S/C21H23F2N3O2/c22-16-11-17(23)13-19(12-16)28-20-6-5-15(14-24-20)21(27)26-8-2-7-25(9-10-26)18-3-1-4-18/h5-6,11-14,18H,1-4,7-10H2. The second-order valence-electron chi connectivity index (χ2n) is 7.36. The van der Waals surface area contributed by atoms with Gasteiger partial charge < -0.3 is 9.64 Å². The van der Waals surface area contributed by atoms with Crippen molar-refractivity contribution < 1.29 is 18.3 Å². The van der Waals surface area contributed by atoms with Crippen LogP contribution < -0.4 is 4.74 Å². The van der Waals surface area contributed by atoms with Gasteiger partial charge in [0, 0.05) is 62.7 Å². The Morgan fingerprint density at radius 3 is 2.43 bits per heavy atom. The molecule has 0 bridgehead atoms. The lowest BCUT2D eigenvalue weighted by molar-refractivity contribution is 0.0749. The lowest BCUT2D eigenvalue weighted by atomic mass is 9.91. The molecule has 0 radical (unpaired) electrons. The van der Waals surface area contributed by atoms with Crippen molar-refractivity contribution in [3.8, 4) is 11.6 Å². The van der Waals surface area contributed by atoms with E-state index in [0.717, 1.165) is 50.8 Å². The highest BCUT2D eigenvalue weighted by Gasteiger charge is 2.28. The van der Waals surface area contributed by atoms with Crippen molar-refractivity contribution in [3.05, 3.63) is 53.7 Å². The third-order valence-corrected chi connectivity index (χ3v) is 5.45. The highest BCUT2D eigenvalue weighted by molar-refractivity contribution is 5.94. The summed E-state index contributed by atoms with van der Waals surface area (Å²) in [6.07, 6.45) is 6.28. The van der Waals surface area contributed by atoms with E-state index < -0.39 is 11.6 Å². The minimum absolute atomic E-state index is 0.0210. The number of carbonyl (C=O) groups excluding carboxylic acids is 1. The SMILES string of the molecule is O=C(c1ccc(Oc2cc(F)cc(F)c2)nc1)N1CCCN(C2CCC2)CC1. The molecule has 1 aromatic carbocycles. The zero-order valence-corrected chi connectivity index (χ0v) is 15.6. The molecule has 0 N–H and O–H groups in total. The van der Waals surface area contributed by atoms with Crippen molar-refractivity contribution in [1.29, 1.82) is 0 Å². The Hall–Kier alpha value is -2.54. The van der Waals surface area contributed by atoms with E-state index in [2.05, 4.69) is 9.88 Å². The predicted octanol–water partition coefficient (Wildman–Crippen LogP) is 3.85. The van der Waals surface area contributed by atoms with Crippen molar-refractivity contribution in [2.45, 2.75) is 31.7 Å². The summed E-state index contributed by atoms with van der Waals surface area (Å²) in [6.45, 7) is 3.42. The predicted molar refractivity (Wildman–Crippen MR) is 100 cm³/mol. The Labute approximate surface area is 162 Å². The third kappa shape index (κ3) is 4.30. The van der Waals surface area contributed by atoms with Gasteiger partial charge in [0.1, 0.15) is 17.4 Å². The molecule has 5 nitrogen and oxygen atoms in total. The number of benzene rings is 1. The summed E-state index contributed by atoms with van der Waals surface area (Å²) in [7, 11) is 0. The van der Waals surface area contributed by atoms with E-state index in [-0.39, 0.29) is 17.5 Å². The number of aromatic nitrogens is 1. The monoisotopic (exact) mass is 387 g/mol. The zero-order chi connectivity index (χ0) is 19.5. The number of amides is 1. The zero-order valence-electron chi connectivity index (χ0n) is 15.6. The number of rotatable bonds is 4. The molecular formula is C21H23F2N3O2. The van der Waals surface area contributed by atoms with Crippen molar-refractivity contribution in [3.63, 3.8) is 0 Å². The second-order valence-corrected chi connectivity index (χ2v) is 7.36. The first-order valence-electron chi connectivity index (χ1n) is 9.72. The molecule has 7 heteroatoms. The van der Waals surface area contributed by atoms with E-state index in [1.165, 1.54) is 31.5 Å². The number of carbonyl (C=O) groups is 1. The van der Waals surface area contributed by atoms with Gasteiger partial charge in [-0.2, -0.15) is 0 Å². The Morgan fingerprint density at radius 2 is 1.79 bits per heavy atom. The van der Waals surface area contributed by atoms with Crippen LogP contribution in [0, 0.1) is 11.6 Å². The van der Waals surface area contributed by atoms with E-state index in [9.17, 15) is 13.6 Å². The summed E-state index contributed by atoms with van der Waals surface area (Å²) < 4.78 is 31.9. The normalized spacial score (nSPS) is 18.4. The Morgan fingerprint density at radius 1 is 1.00 bits per heavy atom. The van der Waals surface area contributed by atoms with Crippen LogP contribution in [0.1, 0.15) is 36.0 Å². The number of nitrogens with zero attached hydrogens (tertiary/aromatic N) is 3. The van der Waals surface area contributed by atoms with Crippen LogP contribution in [-0.4, -0.2) is 52.9 Å². The molecule has 0 atom stereocenters. The lowest BCUT2D eigenvalue weighted by Crippen LogP contribution is -2.42. The third-order valence-electron chi connectivity index (χ3n) is 5.45. The van der Waals surface area contributed by atoms with E-state index in [1.807, 2.05) is 4.90 Å². The summed E-state index contributed by atoms with van der Waals surface area (Å²) in [5, 5.41) is 0. The molecule has 2 aromatic rings. The molecule has 1 amide bonds. The van der Waals surface area contributed by atoms with E-state index in [4.69, 9.17) is 4.74 Å². The smallest absolute Gasteiger partial charge is 0.255 e. The maximum Gasteiger partial charge on any atom is 0.255 e. The van der Waals surface area contributed by atoms with Gasteiger partial charge in [0.2, 0.25) is 5.88 Å². The van der Waals surface area contributed by atoms with E-state index >= 15 is 0 Å². The summed E-state index contributed by atoms with van der Waals surface area (Å²) >= 11 is 0. The van der Waals surface area contributed by atoms with Crippen LogP contribution in [0.2, 0.25) is 0 Å². The van der Waals surface area contributed by atoms with Gasteiger partial charge in [-0.25, -0.2) is 13.8 Å². The van der Waals surface area contributed by atoms with Gasteiger partial charge in [-0.1, -0.05) is 6.42 Å². The van der Waals surface area contributed by atoms with Crippen LogP contribution in [0.25, 0.3) is 0 Å². The molecule has 1 aliphatic carbocycles. The molecule has 2 heterocycles. The van der Waals surface area contributed by atoms with Crippen LogP contribution >= 0.6 is 0 Å². The van der Waals surface area contributed by atoms with E-state index in [0.29, 0.717) is 11.6 Å². The van der Waals surface area contributed by atoms with Gasteiger partial charge >= 0.3 is 0 Å². The largest absolute Gasteiger partial charge is 0.439 e. The van der Waals surface area contributed by atoms with Crippen LogP contribution in [0.4, 0.5) is 8.78 Å². The first-order valence-corrected chi connectivity index (χ1v) is 9.72. The van der Waals surface area contributed by atoms with Gasteiger partial charge in [0.05, 0.1) is 5.56 Å². The molecule has 1 aliphatic heterocycles. The topological polar surface area (TPSA) is 45.7 Å². The Bertz CT molecular complexity index is 820. The van der Waals surface area contributed by atoms with Gasteiger partial charge in [0.25, 0.3) is 5.91 Å². The van der Waals surface area contributed by atoms with Crippen molar-refractivity contribution in [2.24, 2.45) is 0 Å². The summed E-state index contributed by atoms with van der Waals surface area (Å²) in [5.74, 6) is -1.30. The van der Waals surface area contributed by atoms with Gasteiger partial charge in [-0.3, -0.25) is 9.69 Å². The fourth-order valence-corrected chi connectivity index (χ4v) is 3.72. The van der Waals surface area contributed by atoms with Crippen LogP contribution in [0.3, 0.4) is 0 Å². The molecule has 4 rings (SSSR count). The maximum atomic E-state index is 13.2. The minimum Gasteiger partial charge on any atom is -0.439 e. The maximum absolute atomic E-state index is 13.2. The number of hydrogen-bond donors (Lipinski definition) is 0. The Kier molecular flexibility index (Phi) is 5.52. The van der Waals surface area contributed by atoms with Gasteiger partial charge in [0.15, 0.2) is 0 Å². The average Bonchev–Trinajstić information content (AvgIpc) is 2.86. The highest BCUT2D eigenvalue weighted by atomic mass is 19.1. The summed E-state index contributed by atoms with van der Waals surface area (Å²) in [4.78, 5) is 21.3. The molecular weight excluding hydrogens is 364 g/mol. The number of halogens is 2. The molecule has 2 aliphatic rings. The molecule has 1 aromatic heterocycles. The summed E-state index contributed by atoms with van der Waals surface area (Å²) in [5.41, 5.74) is 0.481. The number of ether oxygens (including phenoxy) is 1. The van der Waals surface area contributed by atoms with Crippen molar-refractivity contribution in [2.75, 3.05) is 26.2 Å². The van der Waals surface area contributed by atoms with Crippen LogP contribution in [-0.2, 0) is 0 Å². The molecule has 28 heavy (non-hydrogen) atoms. The van der Waals surface area contributed by atoms with Crippen molar-refractivity contribution in [1.82, 2.24) is 14.8 Å². The average molecular weight is 387 g/mol. The number of pyridine rings is 1. The van der Waals surface area contributed by atoms with Crippen molar-refractivity contribution >= 4 is 5.91 Å². The molecule has 0 spiro atoms. The van der Waals surface area contributed by atoms with Crippen LogP contribution in [0.5, 0.6) is 11.6 Å². The molecule has 2 fully saturated rings. The number of hydrogen-bond acceptors (Lipinski definition) is 4. The highest BCUT2D eigenvalue weighted by Crippen LogP contribution is 2.26. The minimum atomic E-state index is -0.723. The second kappa shape index (κ2) is 8.22. The molecule has 148 valence electrons. The first kappa shape index (κ1) is 18.8. The fraction of sp³-hybridized carbons (Fsp3) is 0.429. The van der Waals surface area contributed by atoms with E-state index in [1.54, 1.807) is 6.07 Å².